The van der Waals surface area contributed by atoms with Crippen molar-refractivity contribution < 1.29 is 4.79 Å². The lowest BCUT2D eigenvalue weighted by molar-refractivity contribution is -0.121. The van der Waals surface area contributed by atoms with Crippen LogP contribution < -0.4 is 10.6 Å². The normalized spacial score (nSPS) is 18.1. The van der Waals surface area contributed by atoms with Gasteiger partial charge in [-0.2, -0.15) is 5.10 Å². The summed E-state index contributed by atoms with van der Waals surface area (Å²) in [4.78, 5) is 11.6. The Morgan fingerprint density at radius 1 is 1.65 bits per heavy atom. The zero-order valence-corrected chi connectivity index (χ0v) is 10.8. The van der Waals surface area contributed by atoms with E-state index in [1.807, 2.05) is 13.2 Å². The molecule has 6 heteroatoms. The van der Waals surface area contributed by atoms with E-state index in [1.165, 1.54) is 5.56 Å². The van der Waals surface area contributed by atoms with Gasteiger partial charge in [-0.3, -0.25) is 9.89 Å². The number of halogens is 1. The average molecular weight is 259 g/mol. The highest BCUT2D eigenvalue weighted by Gasteiger charge is 2.23. The van der Waals surface area contributed by atoms with Crippen molar-refractivity contribution in [2.24, 2.45) is 0 Å². The fourth-order valence-electron chi connectivity index (χ4n) is 2.11. The molecule has 1 unspecified atom stereocenters. The number of aromatic amines is 1. The Balaban J connectivity index is 0.00000144. The van der Waals surface area contributed by atoms with Gasteiger partial charge in [-0.25, -0.2) is 0 Å². The van der Waals surface area contributed by atoms with Gasteiger partial charge in [0, 0.05) is 13.0 Å². The summed E-state index contributed by atoms with van der Waals surface area (Å²) in [6, 6.07) is 0.121. The number of amides is 1. The molecule has 96 valence electrons. The molecule has 1 amide bonds. The molecule has 3 N–H and O–H groups in total. The lowest BCUT2D eigenvalue weighted by Gasteiger charge is -2.22. The van der Waals surface area contributed by atoms with Gasteiger partial charge in [0.15, 0.2) is 0 Å². The number of fused-ring (bicyclic) bond motifs is 1. The third-order valence-electron chi connectivity index (χ3n) is 2.98. The maximum absolute atomic E-state index is 11.6. The summed E-state index contributed by atoms with van der Waals surface area (Å²) in [6.07, 6.45) is 5.57. The molecule has 1 atom stereocenters. The van der Waals surface area contributed by atoms with E-state index in [0.29, 0.717) is 13.0 Å². The van der Waals surface area contributed by atoms with Crippen molar-refractivity contribution in [1.82, 2.24) is 20.8 Å². The van der Waals surface area contributed by atoms with E-state index in [-0.39, 0.29) is 24.4 Å². The maximum Gasteiger partial charge on any atom is 0.221 e. The SMILES string of the molecule is CNCCC(=O)NC1CCCc2cn[nH]c21.Cl. The van der Waals surface area contributed by atoms with E-state index in [4.69, 9.17) is 0 Å². The molecule has 1 aromatic heterocycles. The van der Waals surface area contributed by atoms with Gasteiger partial charge in [-0.1, -0.05) is 0 Å². The quantitative estimate of drug-likeness (QED) is 0.753. The zero-order valence-electron chi connectivity index (χ0n) is 9.95. The molecule has 0 bridgehead atoms. The fourth-order valence-corrected chi connectivity index (χ4v) is 2.11. The van der Waals surface area contributed by atoms with Crippen LogP contribution in [0.25, 0.3) is 0 Å². The van der Waals surface area contributed by atoms with E-state index in [2.05, 4.69) is 20.8 Å². The molecule has 5 nitrogen and oxygen atoms in total. The molecule has 0 radical (unpaired) electrons. The number of H-pyrrole nitrogens is 1. The van der Waals surface area contributed by atoms with Crippen molar-refractivity contribution in [3.63, 3.8) is 0 Å². The predicted octanol–water partition coefficient (Wildman–Crippen LogP) is 0.935. The summed E-state index contributed by atoms with van der Waals surface area (Å²) in [7, 11) is 1.85. The Kier molecular flexibility index (Phi) is 5.44. The average Bonchev–Trinajstić information content (AvgIpc) is 2.75. The molecular weight excluding hydrogens is 240 g/mol. The van der Waals surface area contributed by atoms with Gasteiger partial charge in [0.25, 0.3) is 0 Å². The van der Waals surface area contributed by atoms with Crippen LogP contribution in [0.3, 0.4) is 0 Å². The van der Waals surface area contributed by atoms with Crippen LogP contribution >= 0.6 is 12.4 Å². The molecule has 0 fully saturated rings. The number of hydrogen-bond acceptors (Lipinski definition) is 3. The minimum atomic E-state index is 0. The van der Waals surface area contributed by atoms with Crippen molar-refractivity contribution in [3.05, 3.63) is 17.5 Å². The van der Waals surface area contributed by atoms with Crippen molar-refractivity contribution in [3.8, 4) is 0 Å². The summed E-state index contributed by atoms with van der Waals surface area (Å²) >= 11 is 0. The van der Waals surface area contributed by atoms with E-state index in [1.54, 1.807) is 0 Å². The first-order valence-corrected chi connectivity index (χ1v) is 5.77. The molecule has 1 aliphatic carbocycles. The van der Waals surface area contributed by atoms with Crippen LogP contribution in [0.1, 0.15) is 36.6 Å². The lowest BCUT2D eigenvalue weighted by Crippen LogP contribution is -2.32. The lowest BCUT2D eigenvalue weighted by atomic mass is 9.93. The van der Waals surface area contributed by atoms with E-state index >= 15 is 0 Å². The highest BCUT2D eigenvalue weighted by Crippen LogP contribution is 2.27. The standard InChI is InChI=1S/C11H18N4O.ClH/c1-12-6-5-10(16)14-9-4-2-3-8-7-13-15-11(8)9;/h7,9,12H,2-6H2,1H3,(H,13,15)(H,14,16);1H. The molecule has 0 aliphatic heterocycles. The van der Waals surface area contributed by atoms with E-state index < -0.39 is 0 Å². The maximum atomic E-state index is 11.6. The Bertz CT molecular complexity index is 366. The molecule has 1 aliphatic rings. The van der Waals surface area contributed by atoms with Crippen molar-refractivity contribution in [2.75, 3.05) is 13.6 Å². The largest absolute Gasteiger partial charge is 0.348 e. The highest BCUT2D eigenvalue weighted by molar-refractivity contribution is 5.85. The summed E-state index contributed by atoms with van der Waals surface area (Å²) in [5.74, 6) is 0.0989. The number of carbonyl (C=O) groups is 1. The number of carbonyl (C=O) groups excluding carboxylic acids is 1. The van der Waals surface area contributed by atoms with Gasteiger partial charge in [0.2, 0.25) is 5.91 Å². The number of nitrogens with zero attached hydrogens (tertiary/aromatic N) is 1. The first-order chi connectivity index (χ1) is 7.81. The van der Waals surface area contributed by atoms with Gasteiger partial charge in [0.1, 0.15) is 0 Å². The van der Waals surface area contributed by atoms with Crippen molar-refractivity contribution in [2.45, 2.75) is 31.7 Å². The Morgan fingerprint density at radius 2 is 2.47 bits per heavy atom. The minimum Gasteiger partial charge on any atom is -0.348 e. The minimum absolute atomic E-state index is 0. The van der Waals surface area contributed by atoms with Crippen LogP contribution in [0.4, 0.5) is 0 Å². The number of hydrogen-bond donors (Lipinski definition) is 3. The van der Waals surface area contributed by atoms with Gasteiger partial charge in [-0.15, -0.1) is 12.4 Å². The fraction of sp³-hybridized carbons (Fsp3) is 0.636. The summed E-state index contributed by atoms with van der Waals surface area (Å²) in [5, 5.41) is 13.0. The molecule has 0 saturated heterocycles. The van der Waals surface area contributed by atoms with Crippen LogP contribution in [0.15, 0.2) is 6.20 Å². The highest BCUT2D eigenvalue weighted by atomic mass is 35.5. The Hall–Kier alpha value is -1.07. The molecule has 1 aromatic rings. The molecular formula is C11H19ClN4O. The summed E-state index contributed by atoms with van der Waals surface area (Å²) in [5.41, 5.74) is 2.33. The Labute approximate surface area is 107 Å². The number of aryl methyl sites for hydroxylation is 1. The van der Waals surface area contributed by atoms with Crippen LogP contribution in [0.2, 0.25) is 0 Å². The van der Waals surface area contributed by atoms with Gasteiger partial charge in [-0.05, 0) is 31.9 Å². The number of nitrogens with one attached hydrogen (secondary N) is 3. The third kappa shape index (κ3) is 3.44. The smallest absolute Gasteiger partial charge is 0.221 e. The summed E-state index contributed by atoms with van der Waals surface area (Å²) in [6.45, 7) is 0.717. The molecule has 0 saturated carbocycles. The topological polar surface area (TPSA) is 69.8 Å². The second-order valence-corrected chi connectivity index (χ2v) is 4.17. The first-order valence-electron chi connectivity index (χ1n) is 5.77. The summed E-state index contributed by atoms with van der Waals surface area (Å²) < 4.78 is 0. The third-order valence-corrected chi connectivity index (χ3v) is 2.98. The van der Waals surface area contributed by atoms with Crippen LogP contribution in [0.5, 0.6) is 0 Å². The molecule has 0 aromatic carbocycles. The molecule has 17 heavy (non-hydrogen) atoms. The van der Waals surface area contributed by atoms with E-state index in [9.17, 15) is 4.79 Å². The van der Waals surface area contributed by atoms with Crippen molar-refractivity contribution >= 4 is 18.3 Å². The number of rotatable bonds is 4. The van der Waals surface area contributed by atoms with Crippen LogP contribution in [-0.2, 0) is 11.2 Å². The van der Waals surface area contributed by atoms with Crippen molar-refractivity contribution in [1.29, 1.82) is 0 Å². The van der Waals surface area contributed by atoms with Gasteiger partial charge in [0.05, 0.1) is 17.9 Å². The zero-order chi connectivity index (χ0) is 11.4. The van der Waals surface area contributed by atoms with E-state index in [0.717, 1.165) is 25.0 Å². The van der Waals surface area contributed by atoms with Gasteiger partial charge < -0.3 is 10.6 Å². The monoisotopic (exact) mass is 258 g/mol. The van der Waals surface area contributed by atoms with Crippen LogP contribution in [0, 0.1) is 0 Å². The molecule has 0 spiro atoms. The first kappa shape index (κ1) is 14.0. The molecule has 2 rings (SSSR count). The van der Waals surface area contributed by atoms with Gasteiger partial charge >= 0.3 is 0 Å². The Morgan fingerprint density at radius 3 is 3.24 bits per heavy atom. The predicted molar refractivity (Wildman–Crippen MR) is 68.2 cm³/mol. The second-order valence-electron chi connectivity index (χ2n) is 4.17. The molecule has 1 heterocycles. The second kappa shape index (κ2) is 6.61. The number of aromatic nitrogens is 2. The van der Waals surface area contributed by atoms with Crippen LogP contribution in [-0.4, -0.2) is 29.7 Å².